The second-order valence-corrected chi connectivity index (χ2v) is 1.63. The fourth-order valence-electron chi connectivity index (χ4n) is 0.546. The van der Waals surface area contributed by atoms with E-state index in [0.29, 0.717) is 12.4 Å². The van der Waals surface area contributed by atoms with Crippen LogP contribution in [0, 0.1) is 11.3 Å². The maximum atomic E-state index is 8.19. The monoisotopic (exact) mass is 122 g/mol. The Kier molecular flexibility index (Phi) is 1.36. The molecule has 0 aliphatic carbocycles. The molecule has 0 amide bonds. The molecule has 0 aliphatic rings. The lowest BCUT2D eigenvalue weighted by Gasteiger charge is -1.86. The van der Waals surface area contributed by atoms with Crippen molar-refractivity contribution in [2.75, 3.05) is 5.73 Å². The van der Waals surface area contributed by atoms with Crippen LogP contribution in [-0.4, -0.2) is 9.55 Å². The average molecular weight is 122 g/mol. The first kappa shape index (κ1) is 5.63. The van der Waals surface area contributed by atoms with Crippen molar-refractivity contribution in [1.29, 1.82) is 5.26 Å². The molecule has 9 heavy (non-hydrogen) atoms. The predicted octanol–water partition coefficient (Wildman–Crippen LogP) is -0.0111. The molecule has 4 nitrogen and oxygen atoms in total. The number of nitriles is 1. The van der Waals surface area contributed by atoms with Crippen LogP contribution < -0.4 is 5.73 Å². The summed E-state index contributed by atoms with van der Waals surface area (Å²) in [4.78, 5) is 3.72. The molecule has 1 aromatic heterocycles. The van der Waals surface area contributed by atoms with Gasteiger partial charge in [0.15, 0.2) is 0 Å². The third-order valence-electron chi connectivity index (χ3n) is 0.907. The number of hydrogen-bond donors (Lipinski definition) is 1. The second kappa shape index (κ2) is 2.18. The fourth-order valence-corrected chi connectivity index (χ4v) is 0.546. The number of imidazole rings is 1. The molecule has 4 heteroatoms. The Labute approximate surface area is 52.5 Å². The summed E-state index contributed by atoms with van der Waals surface area (Å²) in [6.07, 6.45) is 3.14. The fraction of sp³-hybridized carbons (Fsp3) is 0.200. The molecular weight excluding hydrogens is 116 g/mol. The molecule has 0 saturated carbocycles. The summed E-state index contributed by atoms with van der Waals surface area (Å²) in [6.45, 7) is 0.310. The van der Waals surface area contributed by atoms with Crippen molar-refractivity contribution in [2.45, 2.75) is 6.54 Å². The molecular formula is C5H6N4. The highest BCUT2D eigenvalue weighted by molar-refractivity contribution is 5.22. The van der Waals surface area contributed by atoms with E-state index in [4.69, 9.17) is 11.0 Å². The Morgan fingerprint density at radius 1 is 1.89 bits per heavy atom. The van der Waals surface area contributed by atoms with Crippen molar-refractivity contribution in [3.63, 3.8) is 0 Å². The molecule has 0 bridgehead atoms. The minimum Gasteiger partial charge on any atom is -0.382 e. The van der Waals surface area contributed by atoms with Crippen LogP contribution in [0.15, 0.2) is 12.5 Å². The lowest BCUT2D eigenvalue weighted by Crippen LogP contribution is -1.89. The number of nitrogen functional groups attached to an aromatic ring is 1. The van der Waals surface area contributed by atoms with Gasteiger partial charge in [0.1, 0.15) is 12.4 Å². The molecule has 0 saturated heterocycles. The molecule has 1 rings (SSSR count). The highest BCUT2D eigenvalue weighted by Gasteiger charge is 1.89. The van der Waals surface area contributed by atoms with Crippen molar-refractivity contribution in [3.8, 4) is 6.07 Å². The minimum atomic E-state index is 0.310. The van der Waals surface area contributed by atoms with Crippen LogP contribution in [-0.2, 0) is 6.54 Å². The molecule has 0 radical (unpaired) electrons. The topological polar surface area (TPSA) is 67.6 Å². The van der Waals surface area contributed by atoms with Crippen LogP contribution in [0.25, 0.3) is 0 Å². The van der Waals surface area contributed by atoms with Gasteiger partial charge >= 0.3 is 0 Å². The Bertz CT molecular complexity index is 231. The number of hydrogen-bond acceptors (Lipinski definition) is 3. The summed E-state index contributed by atoms with van der Waals surface area (Å²) in [5.41, 5.74) is 5.27. The Morgan fingerprint density at radius 3 is 3.11 bits per heavy atom. The van der Waals surface area contributed by atoms with Gasteiger partial charge < -0.3 is 10.3 Å². The minimum absolute atomic E-state index is 0.310. The molecule has 2 N–H and O–H groups in total. The Morgan fingerprint density at radius 2 is 2.67 bits per heavy atom. The number of anilines is 1. The zero-order chi connectivity index (χ0) is 6.69. The van der Waals surface area contributed by atoms with Crippen molar-refractivity contribution >= 4 is 5.82 Å². The van der Waals surface area contributed by atoms with Gasteiger partial charge in [0, 0.05) is 6.20 Å². The summed E-state index contributed by atoms with van der Waals surface area (Å²) < 4.78 is 1.62. The lowest BCUT2D eigenvalue weighted by molar-refractivity contribution is 0.831. The Balaban J connectivity index is 2.76. The third kappa shape index (κ3) is 1.19. The first-order valence-corrected chi connectivity index (χ1v) is 2.47. The molecule has 46 valence electrons. The maximum Gasteiger partial charge on any atom is 0.141 e. The van der Waals surface area contributed by atoms with E-state index in [9.17, 15) is 0 Å². The van der Waals surface area contributed by atoms with Gasteiger partial charge in [0.25, 0.3) is 0 Å². The highest BCUT2D eigenvalue weighted by atomic mass is 15.1. The van der Waals surface area contributed by atoms with E-state index < -0.39 is 0 Å². The van der Waals surface area contributed by atoms with E-state index in [1.54, 1.807) is 10.8 Å². The first-order chi connectivity index (χ1) is 4.33. The molecule has 0 fully saturated rings. The molecule has 0 unspecified atom stereocenters. The normalized spacial score (nSPS) is 8.78. The summed E-state index contributed by atoms with van der Waals surface area (Å²) >= 11 is 0. The number of aromatic nitrogens is 2. The zero-order valence-corrected chi connectivity index (χ0v) is 4.78. The summed E-state index contributed by atoms with van der Waals surface area (Å²) in [5.74, 6) is 0.449. The molecule has 0 aliphatic heterocycles. The molecule has 0 spiro atoms. The van der Waals surface area contributed by atoms with Gasteiger partial charge in [-0.15, -0.1) is 0 Å². The molecule has 1 heterocycles. The van der Waals surface area contributed by atoms with Gasteiger partial charge in [0.2, 0.25) is 0 Å². The third-order valence-corrected chi connectivity index (χ3v) is 0.907. The van der Waals surface area contributed by atoms with E-state index >= 15 is 0 Å². The van der Waals surface area contributed by atoms with Crippen LogP contribution in [0.4, 0.5) is 5.82 Å². The summed E-state index contributed by atoms with van der Waals surface area (Å²) in [6, 6.07) is 1.96. The Hall–Kier alpha value is -1.50. The first-order valence-electron chi connectivity index (χ1n) is 2.47. The van der Waals surface area contributed by atoms with Crippen molar-refractivity contribution < 1.29 is 0 Å². The maximum absolute atomic E-state index is 8.19. The standard InChI is InChI=1S/C5H6N4/c6-1-2-9-3-5(7)8-4-9/h3-4H,2,7H2. The van der Waals surface area contributed by atoms with Crippen molar-refractivity contribution in [2.24, 2.45) is 0 Å². The van der Waals surface area contributed by atoms with E-state index in [-0.39, 0.29) is 0 Å². The number of nitrogens with two attached hydrogens (primary N) is 1. The van der Waals surface area contributed by atoms with Gasteiger partial charge in [-0.1, -0.05) is 0 Å². The van der Waals surface area contributed by atoms with Gasteiger partial charge in [-0.2, -0.15) is 5.26 Å². The number of nitrogens with zero attached hydrogens (tertiary/aromatic N) is 3. The summed E-state index contributed by atoms with van der Waals surface area (Å²) in [5, 5.41) is 8.19. The molecule has 0 atom stereocenters. The van der Waals surface area contributed by atoms with Crippen LogP contribution in [0.2, 0.25) is 0 Å². The van der Waals surface area contributed by atoms with Gasteiger partial charge in [-0.3, -0.25) is 0 Å². The van der Waals surface area contributed by atoms with E-state index in [0.717, 1.165) is 0 Å². The SMILES string of the molecule is N#CCn1cnc(N)c1. The van der Waals surface area contributed by atoms with Crippen molar-refractivity contribution in [1.82, 2.24) is 9.55 Å². The van der Waals surface area contributed by atoms with Crippen LogP contribution in [0.3, 0.4) is 0 Å². The van der Waals surface area contributed by atoms with Gasteiger partial charge in [-0.25, -0.2) is 4.98 Å². The quantitative estimate of drug-likeness (QED) is 0.569. The predicted molar refractivity (Wildman–Crippen MR) is 32.3 cm³/mol. The van der Waals surface area contributed by atoms with E-state index in [1.807, 2.05) is 6.07 Å². The van der Waals surface area contributed by atoms with Gasteiger partial charge in [-0.05, 0) is 0 Å². The molecule has 0 aromatic carbocycles. The average Bonchev–Trinajstić information content (AvgIpc) is 2.17. The van der Waals surface area contributed by atoms with Crippen LogP contribution in [0.1, 0.15) is 0 Å². The highest BCUT2D eigenvalue weighted by Crippen LogP contribution is 1.94. The van der Waals surface area contributed by atoms with Crippen LogP contribution >= 0.6 is 0 Å². The van der Waals surface area contributed by atoms with Crippen molar-refractivity contribution in [3.05, 3.63) is 12.5 Å². The van der Waals surface area contributed by atoms with E-state index in [2.05, 4.69) is 4.98 Å². The number of rotatable bonds is 1. The largest absolute Gasteiger partial charge is 0.382 e. The second-order valence-electron chi connectivity index (χ2n) is 1.63. The van der Waals surface area contributed by atoms with E-state index in [1.165, 1.54) is 6.33 Å². The lowest BCUT2D eigenvalue weighted by atomic mass is 10.7. The van der Waals surface area contributed by atoms with Gasteiger partial charge in [0.05, 0.1) is 12.4 Å². The smallest absolute Gasteiger partial charge is 0.141 e. The van der Waals surface area contributed by atoms with Crippen LogP contribution in [0.5, 0.6) is 0 Å². The zero-order valence-electron chi connectivity index (χ0n) is 4.78. The summed E-state index contributed by atoms with van der Waals surface area (Å²) in [7, 11) is 0. The molecule has 1 aromatic rings.